The van der Waals surface area contributed by atoms with E-state index in [4.69, 9.17) is 23.2 Å². The van der Waals surface area contributed by atoms with Crippen LogP contribution in [0.5, 0.6) is 0 Å². The molecule has 126 valence electrons. The quantitative estimate of drug-likeness (QED) is 0.511. The SMILES string of the molecule is Cc1nc2ccc(-c3cnn(C)c3)cn2c1Cc1cc(Cl)ccc1Cl. The van der Waals surface area contributed by atoms with Crippen molar-refractivity contribution in [2.75, 3.05) is 0 Å². The summed E-state index contributed by atoms with van der Waals surface area (Å²) in [5, 5.41) is 5.64. The third kappa shape index (κ3) is 3.03. The smallest absolute Gasteiger partial charge is 0.137 e. The Hall–Kier alpha value is -2.30. The molecule has 4 nitrogen and oxygen atoms in total. The first kappa shape index (κ1) is 16.2. The summed E-state index contributed by atoms with van der Waals surface area (Å²) in [6.07, 6.45) is 6.62. The number of hydrogen-bond acceptors (Lipinski definition) is 2. The van der Waals surface area contributed by atoms with Gasteiger partial charge < -0.3 is 4.40 Å². The highest BCUT2D eigenvalue weighted by molar-refractivity contribution is 6.33. The zero-order chi connectivity index (χ0) is 17.6. The number of aryl methyl sites for hydroxylation is 2. The molecule has 4 rings (SSSR count). The van der Waals surface area contributed by atoms with Crippen molar-refractivity contribution in [2.45, 2.75) is 13.3 Å². The monoisotopic (exact) mass is 370 g/mol. The molecule has 0 N–H and O–H groups in total. The Balaban J connectivity index is 1.82. The van der Waals surface area contributed by atoms with E-state index in [1.54, 1.807) is 10.7 Å². The molecule has 0 bridgehead atoms. The third-order valence-electron chi connectivity index (χ3n) is 4.32. The Bertz CT molecular complexity index is 1080. The van der Waals surface area contributed by atoms with Gasteiger partial charge in [-0.1, -0.05) is 23.2 Å². The molecular formula is C19H16Cl2N4. The maximum absolute atomic E-state index is 6.35. The zero-order valence-corrected chi connectivity index (χ0v) is 15.4. The van der Waals surface area contributed by atoms with E-state index in [9.17, 15) is 0 Å². The lowest BCUT2D eigenvalue weighted by molar-refractivity contribution is 0.768. The summed E-state index contributed by atoms with van der Waals surface area (Å²) < 4.78 is 3.92. The molecule has 0 unspecified atom stereocenters. The second-order valence-electron chi connectivity index (χ2n) is 6.11. The summed E-state index contributed by atoms with van der Waals surface area (Å²) in [4.78, 5) is 4.67. The van der Waals surface area contributed by atoms with E-state index in [2.05, 4.69) is 26.7 Å². The molecule has 6 heteroatoms. The molecule has 0 saturated carbocycles. The molecule has 4 aromatic rings. The number of halogens is 2. The number of imidazole rings is 1. The van der Waals surface area contributed by atoms with Gasteiger partial charge in [-0.05, 0) is 42.8 Å². The number of hydrogen-bond donors (Lipinski definition) is 0. The van der Waals surface area contributed by atoms with Gasteiger partial charge in [-0.2, -0.15) is 5.10 Å². The topological polar surface area (TPSA) is 35.1 Å². The van der Waals surface area contributed by atoms with Gasteiger partial charge in [0.05, 0.1) is 11.9 Å². The van der Waals surface area contributed by atoms with Gasteiger partial charge in [0.2, 0.25) is 0 Å². The molecule has 1 aromatic carbocycles. The highest BCUT2D eigenvalue weighted by Crippen LogP contribution is 2.26. The number of nitrogens with zero attached hydrogens (tertiary/aromatic N) is 4. The van der Waals surface area contributed by atoms with Crippen molar-refractivity contribution in [1.29, 1.82) is 0 Å². The fourth-order valence-corrected chi connectivity index (χ4v) is 3.40. The molecule has 25 heavy (non-hydrogen) atoms. The predicted molar refractivity (Wildman–Crippen MR) is 101 cm³/mol. The molecule has 0 aliphatic carbocycles. The molecule has 0 amide bonds. The lowest BCUT2D eigenvalue weighted by atomic mass is 10.1. The van der Waals surface area contributed by atoms with Crippen LogP contribution in [0.15, 0.2) is 48.9 Å². The van der Waals surface area contributed by atoms with Crippen molar-refractivity contribution in [3.05, 3.63) is 75.9 Å². The van der Waals surface area contributed by atoms with Gasteiger partial charge in [0.1, 0.15) is 5.65 Å². The van der Waals surface area contributed by atoms with Crippen LogP contribution in [0, 0.1) is 6.92 Å². The fraction of sp³-hybridized carbons (Fsp3) is 0.158. The Morgan fingerprint density at radius 1 is 1.04 bits per heavy atom. The first-order chi connectivity index (χ1) is 12.0. The summed E-state index contributed by atoms with van der Waals surface area (Å²) in [7, 11) is 1.91. The normalized spacial score (nSPS) is 11.4. The third-order valence-corrected chi connectivity index (χ3v) is 4.93. The Labute approximate surface area is 155 Å². The van der Waals surface area contributed by atoms with E-state index in [1.165, 1.54) is 0 Å². The number of rotatable bonds is 3. The molecule has 3 aromatic heterocycles. The van der Waals surface area contributed by atoms with E-state index in [0.717, 1.165) is 33.7 Å². The molecular weight excluding hydrogens is 355 g/mol. The van der Waals surface area contributed by atoms with E-state index in [-0.39, 0.29) is 0 Å². The van der Waals surface area contributed by atoms with Crippen LogP contribution in [-0.2, 0) is 13.5 Å². The minimum atomic E-state index is 0.670. The van der Waals surface area contributed by atoms with Crippen molar-refractivity contribution in [1.82, 2.24) is 19.2 Å². The second kappa shape index (κ2) is 6.21. The van der Waals surface area contributed by atoms with E-state index in [0.29, 0.717) is 16.5 Å². The van der Waals surface area contributed by atoms with Crippen LogP contribution in [0.2, 0.25) is 10.0 Å². The number of pyridine rings is 1. The first-order valence-corrected chi connectivity index (χ1v) is 8.67. The van der Waals surface area contributed by atoms with Crippen LogP contribution in [0.1, 0.15) is 17.0 Å². The standard InChI is InChI=1S/C19H16Cl2N4/c1-12-18(8-14-7-16(20)4-5-17(14)21)25-11-13(3-6-19(25)23-12)15-9-22-24(2)10-15/h3-7,9-11H,8H2,1-2H3. The first-order valence-electron chi connectivity index (χ1n) is 7.92. The average Bonchev–Trinajstić information content (AvgIpc) is 3.14. The molecule has 0 spiro atoms. The molecule has 0 radical (unpaired) electrons. The molecule has 0 aliphatic rings. The van der Waals surface area contributed by atoms with Gasteiger partial charge >= 0.3 is 0 Å². The summed E-state index contributed by atoms with van der Waals surface area (Å²) in [6, 6.07) is 9.63. The lowest BCUT2D eigenvalue weighted by Gasteiger charge is -2.08. The van der Waals surface area contributed by atoms with Crippen molar-refractivity contribution in [2.24, 2.45) is 7.05 Å². The summed E-state index contributed by atoms with van der Waals surface area (Å²) in [5.41, 5.74) is 6.16. The zero-order valence-electron chi connectivity index (χ0n) is 13.9. The van der Waals surface area contributed by atoms with Gasteiger partial charge in [-0.3, -0.25) is 4.68 Å². The van der Waals surface area contributed by atoms with Crippen molar-refractivity contribution in [3.63, 3.8) is 0 Å². The highest BCUT2D eigenvalue weighted by Gasteiger charge is 2.13. The van der Waals surface area contributed by atoms with Gasteiger partial charge in [0, 0.05) is 52.7 Å². The van der Waals surface area contributed by atoms with Crippen LogP contribution in [0.3, 0.4) is 0 Å². The van der Waals surface area contributed by atoms with E-state index < -0.39 is 0 Å². The van der Waals surface area contributed by atoms with Crippen molar-refractivity contribution >= 4 is 28.8 Å². The van der Waals surface area contributed by atoms with E-state index in [1.807, 2.05) is 44.6 Å². The van der Waals surface area contributed by atoms with Gasteiger partial charge in [0.15, 0.2) is 0 Å². The van der Waals surface area contributed by atoms with Crippen molar-refractivity contribution in [3.8, 4) is 11.1 Å². The maximum Gasteiger partial charge on any atom is 0.137 e. The fourth-order valence-electron chi connectivity index (χ4n) is 3.02. The van der Waals surface area contributed by atoms with Gasteiger partial charge in [-0.15, -0.1) is 0 Å². The molecule has 0 fully saturated rings. The molecule has 0 aliphatic heterocycles. The lowest BCUT2D eigenvalue weighted by Crippen LogP contribution is -1.98. The maximum atomic E-state index is 6.35. The van der Waals surface area contributed by atoms with Crippen LogP contribution in [-0.4, -0.2) is 19.2 Å². The summed E-state index contributed by atoms with van der Waals surface area (Å²) in [5.74, 6) is 0. The molecule has 3 heterocycles. The van der Waals surface area contributed by atoms with Crippen LogP contribution >= 0.6 is 23.2 Å². The Morgan fingerprint density at radius 3 is 2.64 bits per heavy atom. The Kier molecular flexibility index (Phi) is 4.02. The highest BCUT2D eigenvalue weighted by atomic mass is 35.5. The minimum Gasteiger partial charge on any atom is -0.303 e. The average molecular weight is 371 g/mol. The molecule has 0 saturated heterocycles. The number of aromatic nitrogens is 4. The largest absolute Gasteiger partial charge is 0.303 e. The van der Waals surface area contributed by atoms with E-state index >= 15 is 0 Å². The molecule has 0 atom stereocenters. The summed E-state index contributed by atoms with van der Waals surface area (Å²) >= 11 is 12.5. The number of fused-ring (bicyclic) bond motifs is 1. The Morgan fingerprint density at radius 2 is 1.88 bits per heavy atom. The van der Waals surface area contributed by atoms with Crippen LogP contribution in [0.25, 0.3) is 16.8 Å². The van der Waals surface area contributed by atoms with Gasteiger partial charge in [0.25, 0.3) is 0 Å². The van der Waals surface area contributed by atoms with Crippen molar-refractivity contribution < 1.29 is 0 Å². The predicted octanol–water partition coefficient (Wildman–Crippen LogP) is 4.94. The van der Waals surface area contributed by atoms with Gasteiger partial charge in [-0.25, -0.2) is 4.98 Å². The minimum absolute atomic E-state index is 0.670. The van der Waals surface area contributed by atoms with Crippen LogP contribution < -0.4 is 0 Å². The summed E-state index contributed by atoms with van der Waals surface area (Å²) in [6.45, 7) is 2.02. The number of benzene rings is 1. The van der Waals surface area contributed by atoms with Crippen LogP contribution in [0.4, 0.5) is 0 Å². The second-order valence-corrected chi connectivity index (χ2v) is 6.95.